The lowest BCUT2D eigenvalue weighted by Gasteiger charge is -2.07. The highest BCUT2D eigenvalue weighted by Gasteiger charge is 2.16. The van der Waals surface area contributed by atoms with Gasteiger partial charge in [-0.3, -0.25) is 4.79 Å². The van der Waals surface area contributed by atoms with Crippen LogP contribution in [-0.2, 0) is 0 Å². The van der Waals surface area contributed by atoms with E-state index in [1.807, 2.05) is 0 Å². The number of hydrogen-bond acceptors (Lipinski definition) is 7. The summed E-state index contributed by atoms with van der Waals surface area (Å²) in [6.07, 6.45) is 4.79. The predicted molar refractivity (Wildman–Crippen MR) is 91.8 cm³/mol. The Kier molecular flexibility index (Phi) is 3.86. The molecule has 0 bridgehead atoms. The van der Waals surface area contributed by atoms with E-state index < -0.39 is 16.9 Å². The number of aromatic nitrogens is 1. The second-order valence-corrected chi connectivity index (χ2v) is 6.26. The summed E-state index contributed by atoms with van der Waals surface area (Å²) in [5.41, 5.74) is 0.842. The maximum absolute atomic E-state index is 11.6. The van der Waals surface area contributed by atoms with Crippen molar-refractivity contribution >= 4 is 23.5 Å². The first kappa shape index (κ1) is 15.8. The number of aryl methyl sites for hydroxylation is 1. The Bertz CT molecular complexity index is 970. The van der Waals surface area contributed by atoms with E-state index in [0.717, 1.165) is 11.3 Å². The first-order valence-corrected chi connectivity index (χ1v) is 7.74. The van der Waals surface area contributed by atoms with Crippen molar-refractivity contribution in [1.82, 2.24) is 4.98 Å². The Balaban J connectivity index is 2.02. The van der Waals surface area contributed by atoms with Crippen molar-refractivity contribution in [3.8, 4) is 33.4 Å². The lowest BCUT2D eigenvalue weighted by molar-refractivity contribution is 0.401. The molecule has 0 aromatic heterocycles. The van der Waals surface area contributed by atoms with Crippen molar-refractivity contribution in [3.63, 3.8) is 0 Å². The van der Waals surface area contributed by atoms with Crippen LogP contribution < -0.4 is 5.43 Å². The third-order valence-electron chi connectivity index (χ3n) is 3.48. The molecule has 0 spiro atoms. The highest BCUT2D eigenvalue weighted by molar-refractivity contribution is 7.16. The van der Waals surface area contributed by atoms with Gasteiger partial charge >= 0.3 is 0 Å². The van der Waals surface area contributed by atoms with Gasteiger partial charge < -0.3 is 20.4 Å². The number of rotatable bonds is 2. The van der Waals surface area contributed by atoms with Crippen molar-refractivity contribution < 1.29 is 20.4 Å². The van der Waals surface area contributed by atoms with Crippen molar-refractivity contribution in [2.45, 2.75) is 6.92 Å². The second-order valence-electron chi connectivity index (χ2n) is 5.23. The molecule has 0 fully saturated rings. The highest BCUT2D eigenvalue weighted by atomic mass is 32.1. The molecule has 1 heterocycles. The molecule has 0 radical (unpaired) electrons. The van der Waals surface area contributed by atoms with E-state index in [1.54, 1.807) is 25.1 Å². The van der Waals surface area contributed by atoms with E-state index in [2.05, 4.69) is 4.98 Å². The summed E-state index contributed by atoms with van der Waals surface area (Å²) in [6.45, 7) is 1.67. The average molecular weight is 343 g/mol. The summed E-state index contributed by atoms with van der Waals surface area (Å²) >= 11 is 1.10. The van der Waals surface area contributed by atoms with Crippen molar-refractivity contribution in [2.75, 3.05) is 0 Å². The van der Waals surface area contributed by atoms with E-state index in [9.17, 15) is 25.2 Å². The van der Waals surface area contributed by atoms with Gasteiger partial charge in [0.05, 0.1) is 4.88 Å². The Hall–Kier alpha value is -3.06. The Morgan fingerprint density at radius 3 is 2.46 bits per heavy atom. The lowest BCUT2D eigenvalue weighted by atomic mass is 10.1. The van der Waals surface area contributed by atoms with Gasteiger partial charge in [-0.15, -0.1) is 11.3 Å². The van der Waals surface area contributed by atoms with Gasteiger partial charge in [-0.25, -0.2) is 4.98 Å². The minimum atomic E-state index is -0.820. The first-order valence-electron chi connectivity index (χ1n) is 6.92. The van der Waals surface area contributed by atoms with E-state index in [-0.39, 0.29) is 11.5 Å². The molecule has 7 heteroatoms. The minimum Gasteiger partial charge on any atom is -0.504 e. The quantitative estimate of drug-likeness (QED) is 0.533. The molecule has 0 saturated heterocycles. The average Bonchev–Trinajstić information content (AvgIpc) is 2.56. The Morgan fingerprint density at radius 1 is 1.00 bits per heavy atom. The molecule has 0 atom stereocenters. The van der Waals surface area contributed by atoms with Crippen molar-refractivity contribution in [1.29, 1.82) is 0 Å². The topological polar surface area (TPSA) is 111 Å². The molecular weight excluding hydrogens is 330 g/mol. The van der Waals surface area contributed by atoms with Crippen LogP contribution in [-0.4, -0.2) is 25.4 Å². The smallest absolute Gasteiger partial charge is 0.263 e. The van der Waals surface area contributed by atoms with Crippen LogP contribution in [0.1, 0.15) is 16.1 Å². The van der Waals surface area contributed by atoms with Gasteiger partial charge in [0.15, 0.2) is 23.0 Å². The number of benzene rings is 2. The minimum absolute atomic E-state index is 0.161. The van der Waals surface area contributed by atoms with Crippen LogP contribution in [0.15, 0.2) is 29.2 Å². The zero-order valence-corrected chi connectivity index (χ0v) is 13.3. The van der Waals surface area contributed by atoms with Gasteiger partial charge in [-0.1, -0.05) is 6.08 Å². The van der Waals surface area contributed by atoms with Crippen molar-refractivity contribution in [2.24, 2.45) is 0 Å². The number of hydrogen-bond donors (Lipinski definition) is 4. The summed E-state index contributed by atoms with van der Waals surface area (Å²) in [6, 6.07) is 4.37. The summed E-state index contributed by atoms with van der Waals surface area (Å²) < 4.78 is 0. The molecule has 1 aliphatic carbocycles. The number of phenolic OH excluding ortho intramolecular Hbond substituents is 4. The van der Waals surface area contributed by atoms with Gasteiger partial charge in [0, 0.05) is 11.8 Å². The predicted octanol–water partition coefficient (Wildman–Crippen LogP) is 2.91. The molecule has 1 aromatic rings. The largest absolute Gasteiger partial charge is 0.504 e. The summed E-state index contributed by atoms with van der Waals surface area (Å²) in [7, 11) is 0. The molecule has 2 aliphatic rings. The van der Waals surface area contributed by atoms with Crippen LogP contribution in [0.5, 0.6) is 23.0 Å². The maximum Gasteiger partial charge on any atom is 0.263 e. The van der Waals surface area contributed by atoms with E-state index in [4.69, 9.17) is 0 Å². The molecule has 1 aliphatic heterocycles. The summed E-state index contributed by atoms with van der Waals surface area (Å²) in [5, 5.41) is 39.0. The molecule has 3 rings (SSSR count). The van der Waals surface area contributed by atoms with Gasteiger partial charge in [0.25, 0.3) is 5.43 Å². The van der Waals surface area contributed by atoms with Gasteiger partial charge in [0.2, 0.25) is 0 Å². The van der Waals surface area contributed by atoms with Crippen molar-refractivity contribution in [3.05, 3.63) is 50.8 Å². The SMILES string of the molecule is Cc1cc(C=Cc2ncc3cc(O)c(=O)c(O)c-3s2)cc(O)c1O. The molecule has 1 aromatic carbocycles. The van der Waals surface area contributed by atoms with Crippen LogP contribution >= 0.6 is 11.3 Å². The van der Waals surface area contributed by atoms with Gasteiger partial charge in [0.1, 0.15) is 5.01 Å². The van der Waals surface area contributed by atoms with Crippen LogP contribution in [0.4, 0.5) is 0 Å². The van der Waals surface area contributed by atoms with Gasteiger partial charge in [-0.05, 0) is 42.3 Å². The molecule has 24 heavy (non-hydrogen) atoms. The third-order valence-corrected chi connectivity index (χ3v) is 4.56. The van der Waals surface area contributed by atoms with E-state index in [1.165, 1.54) is 18.3 Å². The Morgan fingerprint density at radius 2 is 1.75 bits per heavy atom. The van der Waals surface area contributed by atoms with Crippen LogP contribution in [0.25, 0.3) is 22.6 Å². The molecular formula is C17H13NO5S. The normalized spacial score (nSPS) is 11.4. The standard InChI is InChI=1S/C17H13NO5S/c1-8-4-9(5-11(19)14(8)21)2-3-13-18-7-10-6-12(20)15(22)16(23)17(10)24-13/h2-7,19-21,23H,1H3. The zero-order valence-electron chi connectivity index (χ0n) is 12.5. The number of phenols is 4. The van der Waals surface area contributed by atoms with Crippen LogP contribution in [0.3, 0.4) is 0 Å². The fraction of sp³-hybridized carbons (Fsp3) is 0.0588. The first-order chi connectivity index (χ1) is 11.4. The van der Waals surface area contributed by atoms with Crippen LogP contribution in [0.2, 0.25) is 0 Å². The molecule has 0 amide bonds. The fourth-order valence-corrected chi connectivity index (χ4v) is 3.11. The second kappa shape index (κ2) is 5.86. The molecule has 122 valence electrons. The zero-order chi connectivity index (χ0) is 17.4. The maximum atomic E-state index is 11.6. The molecule has 0 unspecified atom stereocenters. The number of aromatic hydroxyl groups is 4. The molecule has 0 saturated carbocycles. The summed E-state index contributed by atoms with van der Waals surface area (Å²) in [5.74, 6) is -1.40. The van der Waals surface area contributed by atoms with Crippen LogP contribution in [0, 0.1) is 6.92 Å². The van der Waals surface area contributed by atoms with Gasteiger partial charge in [-0.2, -0.15) is 0 Å². The highest BCUT2D eigenvalue weighted by Crippen LogP contribution is 2.36. The lowest BCUT2D eigenvalue weighted by Crippen LogP contribution is -2.01. The third kappa shape index (κ3) is 2.77. The fourth-order valence-electron chi connectivity index (χ4n) is 2.24. The van der Waals surface area contributed by atoms with E-state index in [0.29, 0.717) is 26.6 Å². The Labute approximate surface area is 140 Å². The van der Waals surface area contributed by atoms with E-state index >= 15 is 0 Å². The monoisotopic (exact) mass is 343 g/mol. The summed E-state index contributed by atoms with van der Waals surface area (Å²) in [4.78, 5) is 16.1. The number of fused-ring (bicyclic) bond motifs is 1. The number of nitrogens with zero attached hydrogens (tertiary/aromatic N) is 1. The molecule has 6 nitrogen and oxygen atoms in total. The molecule has 4 N–H and O–H groups in total.